The van der Waals surface area contributed by atoms with Crippen molar-refractivity contribution in [3.8, 4) is 6.07 Å². The maximum atomic E-state index is 9.40. The minimum Gasteiger partial charge on any atom is -0.468 e. The summed E-state index contributed by atoms with van der Waals surface area (Å²) in [6.07, 6.45) is 4.51. The third-order valence-corrected chi connectivity index (χ3v) is 4.17. The Hall–Kier alpha value is -0.920. The Balaban J connectivity index is 2.27. The van der Waals surface area contributed by atoms with E-state index in [1.54, 1.807) is 6.26 Å². The average Bonchev–Trinajstić information content (AvgIpc) is 2.89. The largest absolute Gasteiger partial charge is 0.468 e. The molecule has 1 aromatic heterocycles. The zero-order valence-electron chi connectivity index (χ0n) is 12.1. The molecule has 19 heavy (non-hydrogen) atoms. The first-order valence-corrected chi connectivity index (χ1v) is 8.06. The van der Waals surface area contributed by atoms with Gasteiger partial charge in [0.15, 0.2) is 0 Å². The molecular weight excluding hydrogens is 256 g/mol. The van der Waals surface area contributed by atoms with Crippen LogP contribution in [-0.4, -0.2) is 17.3 Å². The number of hydrogen-bond acceptors (Lipinski definition) is 4. The summed E-state index contributed by atoms with van der Waals surface area (Å²) in [5.74, 6) is 2.99. The second-order valence-corrected chi connectivity index (χ2v) is 6.19. The molecule has 0 spiro atoms. The predicted octanol–water partition coefficient (Wildman–Crippen LogP) is 3.96. The number of nitrogens with zero attached hydrogens (tertiary/aromatic N) is 1. The van der Waals surface area contributed by atoms with Gasteiger partial charge in [-0.15, -0.1) is 0 Å². The molecule has 0 fully saturated rings. The van der Waals surface area contributed by atoms with E-state index in [0.717, 1.165) is 36.5 Å². The molecule has 106 valence electrons. The van der Waals surface area contributed by atoms with E-state index in [9.17, 15) is 5.26 Å². The number of nitrogens with one attached hydrogen (secondary N) is 1. The zero-order chi connectivity index (χ0) is 14.1. The van der Waals surface area contributed by atoms with E-state index in [2.05, 4.69) is 32.2 Å². The lowest BCUT2D eigenvalue weighted by molar-refractivity contribution is 0.341. The van der Waals surface area contributed by atoms with Crippen LogP contribution in [0, 0.1) is 11.3 Å². The van der Waals surface area contributed by atoms with Gasteiger partial charge < -0.3 is 4.42 Å². The third kappa shape index (κ3) is 5.71. The molecule has 0 saturated carbocycles. The molecular formula is C15H24N2OS. The summed E-state index contributed by atoms with van der Waals surface area (Å²) < 4.78 is 5.29. The van der Waals surface area contributed by atoms with E-state index in [1.807, 2.05) is 23.9 Å². The van der Waals surface area contributed by atoms with Gasteiger partial charge in [-0.3, -0.25) is 5.32 Å². The van der Waals surface area contributed by atoms with Crippen molar-refractivity contribution in [3.63, 3.8) is 0 Å². The Morgan fingerprint density at radius 1 is 1.53 bits per heavy atom. The summed E-state index contributed by atoms with van der Waals surface area (Å²) in [7, 11) is 0. The van der Waals surface area contributed by atoms with Crippen LogP contribution in [0.1, 0.15) is 45.8 Å². The van der Waals surface area contributed by atoms with E-state index in [0.29, 0.717) is 6.04 Å². The molecule has 0 saturated heterocycles. The van der Waals surface area contributed by atoms with Crippen LogP contribution in [0.2, 0.25) is 0 Å². The molecule has 1 unspecified atom stereocenters. The standard InChI is InChI=1S/C15H24N2OS/c1-4-15(12-16,17-13(2)3)8-6-10-19-11-14-7-5-9-18-14/h5,7,9,13,17H,4,6,8,10-11H2,1-3H3. The summed E-state index contributed by atoms with van der Waals surface area (Å²) >= 11 is 1.86. The van der Waals surface area contributed by atoms with E-state index >= 15 is 0 Å². The number of furan rings is 1. The Labute approximate surface area is 120 Å². The molecule has 1 aromatic rings. The Kier molecular flexibility index (Phi) is 7.04. The fraction of sp³-hybridized carbons (Fsp3) is 0.667. The van der Waals surface area contributed by atoms with E-state index in [-0.39, 0.29) is 5.54 Å². The quantitative estimate of drug-likeness (QED) is 0.695. The van der Waals surface area contributed by atoms with Crippen LogP contribution in [0.5, 0.6) is 0 Å². The highest BCUT2D eigenvalue weighted by atomic mass is 32.2. The third-order valence-electron chi connectivity index (χ3n) is 3.10. The van der Waals surface area contributed by atoms with Gasteiger partial charge in [0.2, 0.25) is 0 Å². The molecule has 0 bridgehead atoms. The van der Waals surface area contributed by atoms with Gasteiger partial charge in [0, 0.05) is 6.04 Å². The lowest BCUT2D eigenvalue weighted by atomic mass is 9.91. The molecule has 0 amide bonds. The Morgan fingerprint density at radius 2 is 2.32 bits per heavy atom. The highest BCUT2D eigenvalue weighted by Crippen LogP contribution is 2.21. The second kappa shape index (κ2) is 8.29. The van der Waals surface area contributed by atoms with Gasteiger partial charge in [0.1, 0.15) is 11.3 Å². The van der Waals surface area contributed by atoms with Gasteiger partial charge in [-0.1, -0.05) is 6.92 Å². The second-order valence-electron chi connectivity index (χ2n) is 5.08. The molecule has 1 rings (SSSR count). The number of hydrogen-bond donors (Lipinski definition) is 1. The van der Waals surface area contributed by atoms with Crippen molar-refractivity contribution in [2.75, 3.05) is 5.75 Å². The first-order valence-electron chi connectivity index (χ1n) is 6.91. The minimum atomic E-state index is -0.362. The van der Waals surface area contributed by atoms with Crippen LogP contribution in [0.15, 0.2) is 22.8 Å². The highest BCUT2D eigenvalue weighted by molar-refractivity contribution is 7.98. The first kappa shape index (κ1) is 16.1. The smallest absolute Gasteiger partial charge is 0.113 e. The molecule has 1 N–H and O–H groups in total. The Morgan fingerprint density at radius 3 is 2.84 bits per heavy atom. The van der Waals surface area contributed by atoms with Gasteiger partial charge in [-0.05, 0) is 51.0 Å². The average molecular weight is 280 g/mol. The summed E-state index contributed by atoms with van der Waals surface area (Å²) in [4.78, 5) is 0. The van der Waals surface area contributed by atoms with Crippen molar-refractivity contribution in [2.24, 2.45) is 0 Å². The topological polar surface area (TPSA) is 49.0 Å². The minimum absolute atomic E-state index is 0.343. The molecule has 0 aliphatic carbocycles. The molecule has 3 nitrogen and oxygen atoms in total. The van der Waals surface area contributed by atoms with Gasteiger partial charge in [0.25, 0.3) is 0 Å². The van der Waals surface area contributed by atoms with Gasteiger partial charge >= 0.3 is 0 Å². The zero-order valence-corrected chi connectivity index (χ0v) is 12.9. The molecule has 1 heterocycles. The summed E-state index contributed by atoms with van der Waals surface area (Å²) in [5.41, 5.74) is -0.362. The fourth-order valence-corrected chi connectivity index (χ4v) is 2.97. The maximum Gasteiger partial charge on any atom is 0.113 e. The van der Waals surface area contributed by atoms with Crippen LogP contribution in [0.25, 0.3) is 0 Å². The van der Waals surface area contributed by atoms with Crippen molar-refractivity contribution < 1.29 is 4.42 Å². The molecule has 0 radical (unpaired) electrons. The maximum absolute atomic E-state index is 9.40. The Bertz CT molecular complexity index is 383. The van der Waals surface area contributed by atoms with Crippen LogP contribution in [0.4, 0.5) is 0 Å². The molecule has 1 atom stereocenters. The fourth-order valence-electron chi connectivity index (χ4n) is 2.11. The van der Waals surface area contributed by atoms with Crippen LogP contribution in [-0.2, 0) is 5.75 Å². The van der Waals surface area contributed by atoms with Gasteiger partial charge in [0.05, 0.1) is 18.1 Å². The van der Waals surface area contributed by atoms with E-state index < -0.39 is 0 Å². The van der Waals surface area contributed by atoms with Crippen LogP contribution >= 0.6 is 11.8 Å². The van der Waals surface area contributed by atoms with Crippen molar-refractivity contribution in [1.29, 1.82) is 5.26 Å². The van der Waals surface area contributed by atoms with Crippen molar-refractivity contribution in [3.05, 3.63) is 24.2 Å². The molecule has 4 heteroatoms. The number of nitriles is 1. The lowest BCUT2D eigenvalue weighted by Crippen LogP contribution is -2.47. The summed E-state index contributed by atoms with van der Waals surface area (Å²) in [6.45, 7) is 6.26. The monoisotopic (exact) mass is 280 g/mol. The molecule has 0 aliphatic rings. The number of rotatable bonds is 9. The van der Waals surface area contributed by atoms with Crippen molar-refractivity contribution >= 4 is 11.8 Å². The van der Waals surface area contributed by atoms with Crippen LogP contribution < -0.4 is 5.32 Å². The first-order chi connectivity index (χ1) is 9.12. The number of thioether (sulfide) groups is 1. The SMILES string of the molecule is CCC(C#N)(CCCSCc1ccco1)NC(C)C. The summed E-state index contributed by atoms with van der Waals surface area (Å²) in [6, 6.07) is 6.72. The van der Waals surface area contributed by atoms with Crippen molar-refractivity contribution in [2.45, 2.75) is 57.4 Å². The normalized spacial score (nSPS) is 14.3. The lowest BCUT2D eigenvalue weighted by Gasteiger charge is -2.29. The van der Waals surface area contributed by atoms with Gasteiger partial charge in [-0.2, -0.15) is 17.0 Å². The van der Waals surface area contributed by atoms with Crippen molar-refractivity contribution in [1.82, 2.24) is 5.32 Å². The van der Waals surface area contributed by atoms with E-state index in [1.165, 1.54) is 0 Å². The predicted molar refractivity (Wildman–Crippen MR) is 81.0 cm³/mol. The highest BCUT2D eigenvalue weighted by Gasteiger charge is 2.27. The van der Waals surface area contributed by atoms with Gasteiger partial charge in [-0.25, -0.2) is 0 Å². The summed E-state index contributed by atoms with van der Waals surface area (Å²) in [5, 5.41) is 12.8. The van der Waals surface area contributed by atoms with E-state index in [4.69, 9.17) is 4.42 Å². The van der Waals surface area contributed by atoms with Crippen LogP contribution in [0.3, 0.4) is 0 Å². The molecule has 0 aromatic carbocycles. The molecule has 0 aliphatic heterocycles.